The van der Waals surface area contributed by atoms with Gasteiger partial charge in [0.1, 0.15) is 6.07 Å². The van der Waals surface area contributed by atoms with Gasteiger partial charge in [0.2, 0.25) is 12.2 Å². The molecule has 0 bridgehead atoms. The minimum absolute atomic E-state index is 0.157. The van der Waals surface area contributed by atoms with Gasteiger partial charge in [0.25, 0.3) is 0 Å². The summed E-state index contributed by atoms with van der Waals surface area (Å²) in [6, 6.07) is 6.00. The molecule has 0 radical (unpaired) electrons. The summed E-state index contributed by atoms with van der Waals surface area (Å²) in [6.45, 7) is 0. The Balaban J connectivity index is 3.32. The number of isocyanates is 2. The van der Waals surface area contributed by atoms with Gasteiger partial charge in [-0.05, 0) is 18.2 Å². The van der Waals surface area contributed by atoms with Gasteiger partial charge in [-0.15, -0.1) is 0 Å². The number of benzene rings is 1. The highest BCUT2D eigenvalue weighted by Gasteiger charge is 2.01. The fraction of sp³-hybridized carbons (Fsp3) is 0. The molecule has 0 saturated heterocycles. The van der Waals surface area contributed by atoms with Crippen LogP contribution in [0.25, 0.3) is 0 Å². The second-order valence-corrected chi connectivity index (χ2v) is 2.22. The first-order valence-corrected chi connectivity index (χ1v) is 3.51. The molecule has 0 saturated carbocycles. The van der Waals surface area contributed by atoms with Gasteiger partial charge in [-0.1, -0.05) is 0 Å². The van der Waals surface area contributed by atoms with Gasteiger partial charge in [-0.3, -0.25) is 0 Å². The van der Waals surface area contributed by atoms with E-state index in [1.807, 2.05) is 6.07 Å². The van der Waals surface area contributed by atoms with E-state index >= 15 is 0 Å². The molecule has 0 N–H and O–H groups in total. The summed E-state index contributed by atoms with van der Waals surface area (Å²) in [5, 5.41) is 8.66. The SMILES string of the molecule is N#Cc1cc(N=C=O)ccc1N=C=O. The highest BCUT2D eigenvalue weighted by atomic mass is 16.1. The van der Waals surface area contributed by atoms with Crippen molar-refractivity contribution in [2.45, 2.75) is 0 Å². The molecule has 0 aromatic heterocycles. The summed E-state index contributed by atoms with van der Waals surface area (Å²) < 4.78 is 0. The third kappa shape index (κ3) is 1.99. The Hall–Kier alpha value is -2.53. The van der Waals surface area contributed by atoms with E-state index in [2.05, 4.69) is 9.98 Å². The van der Waals surface area contributed by atoms with E-state index in [0.717, 1.165) is 0 Å². The van der Waals surface area contributed by atoms with Crippen molar-refractivity contribution >= 4 is 23.5 Å². The van der Waals surface area contributed by atoms with Gasteiger partial charge in [0.15, 0.2) is 0 Å². The van der Waals surface area contributed by atoms with Gasteiger partial charge >= 0.3 is 0 Å². The van der Waals surface area contributed by atoms with E-state index in [9.17, 15) is 9.59 Å². The first kappa shape index (κ1) is 9.56. The number of hydrogen-bond acceptors (Lipinski definition) is 5. The zero-order valence-corrected chi connectivity index (χ0v) is 6.89. The van der Waals surface area contributed by atoms with Crippen molar-refractivity contribution < 1.29 is 9.59 Å². The maximum absolute atomic E-state index is 9.97. The van der Waals surface area contributed by atoms with E-state index in [4.69, 9.17) is 5.26 Å². The van der Waals surface area contributed by atoms with Crippen LogP contribution < -0.4 is 0 Å². The first-order chi connectivity index (χ1) is 6.81. The minimum Gasteiger partial charge on any atom is -0.211 e. The van der Waals surface area contributed by atoms with E-state index < -0.39 is 0 Å². The highest BCUT2D eigenvalue weighted by Crippen LogP contribution is 2.23. The van der Waals surface area contributed by atoms with Crippen LogP contribution in [-0.2, 0) is 9.59 Å². The molecular weight excluding hydrogens is 182 g/mol. The molecule has 0 spiro atoms. The molecule has 0 aliphatic carbocycles. The van der Waals surface area contributed by atoms with Crippen LogP contribution in [0.2, 0.25) is 0 Å². The lowest BCUT2D eigenvalue weighted by molar-refractivity contribution is 0.564. The Bertz CT molecular complexity index is 489. The summed E-state index contributed by atoms with van der Waals surface area (Å²) in [5.41, 5.74) is 0.651. The van der Waals surface area contributed by atoms with Gasteiger partial charge in [-0.2, -0.15) is 15.2 Å². The Morgan fingerprint density at radius 2 is 1.86 bits per heavy atom. The smallest absolute Gasteiger partial charge is 0.211 e. The second-order valence-electron chi connectivity index (χ2n) is 2.22. The normalized spacial score (nSPS) is 7.93. The van der Waals surface area contributed by atoms with E-state index in [0.29, 0.717) is 5.69 Å². The second kappa shape index (κ2) is 4.48. The predicted octanol–water partition coefficient (Wildman–Crippen LogP) is 1.49. The fourth-order valence-electron chi connectivity index (χ4n) is 0.882. The van der Waals surface area contributed by atoms with Crippen LogP contribution in [-0.4, -0.2) is 12.2 Å². The zero-order chi connectivity index (χ0) is 10.4. The van der Waals surface area contributed by atoms with Gasteiger partial charge in [0.05, 0.1) is 16.9 Å². The maximum atomic E-state index is 9.97. The summed E-state index contributed by atoms with van der Waals surface area (Å²) in [7, 11) is 0. The average Bonchev–Trinajstić information content (AvgIpc) is 2.21. The quantitative estimate of drug-likeness (QED) is 0.516. The number of hydrogen-bond donors (Lipinski definition) is 0. The Kier molecular flexibility index (Phi) is 3.06. The number of aliphatic imine (C=N–C) groups is 2. The summed E-state index contributed by atoms with van der Waals surface area (Å²) in [6.07, 6.45) is 2.67. The van der Waals surface area contributed by atoms with E-state index in [-0.39, 0.29) is 11.3 Å². The van der Waals surface area contributed by atoms with Gasteiger partial charge < -0.3 is 0 Å². The van der Waals surface area contributed by atoms with Crippen molar-refractivity contribution in [1.29, 1.82) is 5.26 Å². The van der Waals surface area contributed by atoms with Crippen molar-refractivity contribution in [2.24, 2.45) is 9.98 Å². The van der Waals surface area contributed by atoms with Crippen LogP contribution in [0.5, 0.6) is 0 Å². The molecule has 0 unspecified atom stereocenters. The molecule has 1 rings (SSSR count). The molecule has 66 valence electrons. The third-order valence-electron chi connectivity index (χ3n) is 1.44. The molecular formula is C9H3N3O2. The number of carbonyl (C=O) groups excluding carboxylic acids is 2. The van der Waals surface area contributed by atoms with E-state index in [1.54, 1.807) is 0 Å². The van der Waals surface area contributed by atoms with Crippen molar-refractivity contribution in [3.63, 3.8) is 0 Å². The molecule has 0 amide bonds. The van der Waals surface area contributed by atoms with Crippen LogP contribution in [0.4, 0.5) is 11.4 Å². The lowest BCUT2D eigenvalue weighted by Crippen LogP contribution is -1.75. The largest absolute Gasteiger partial charge is 0.240 e. The number of rotatable bonds is 2. The summed E-state index contributed by atoms with van der Waals surface area (Å²) >= 11 is 0. The lowest BCUT2D eigenvalue weighted by atomic mass is 10.2. The molecule has 5 heteroatoms. The standard InChI is InChI=1S/C9H3N3O2/c10-4-7-3-8(11-5-13)1-2-9(7)12-6-14/h1-3H. The Morgan fingerprint density at radius 3 is 2.43 bits per heavy atom. The van der Waals surface area contributed by atoms with Crippen LogP contribution >= 0.6 is 0 Å². The minimum atomic E-state index is 0.157. The molecule has 14 heavy (non-hydrogen) atoms. The maximum Gasteiger partial charge on any atom is 0.240 e. The zero-order valence-electron chi connectivity index (χ0n) is 6.89. The molecule has 0 atom stereocenters. The van der Waals surface area contributed by atoms with Crippen molar-refractivity contribution in [2.75, 3.05) is 0 Å². The van der Waals surface area contributed by atoms with Gasteiger partial charge in [0, 0.05) is 0 Å². The summed E-state index contributed by atoms with van der Waals surface area (Å²) in [5.74, 6) is 0. The number of nitriles is 1. The van der Waals surface area contributed by atoms with E-state index in [1.165, 1.54) is 30.4 Å². The van der Waals surface area contributed by atoms with Crippen molar-refractivity contribution in [3.05, 3.63) is 23.8 Å². The highest BCUT2D eigenvalue weighted by molar-refractivity contribution is 5.64. The van der Waals surface area contributed by atoms with Crippen LogP contribution in [0.15, 0.2) is 28.2 Å². The van der Waals surface area contributed by atoms with Gasteiger partial charge in [-0.25, -0.2) is 9.59 Å². The fourth-order valence-corrected chi connectivity index (χ4v) is 0.882. The van der Waals surface area contributed by atoms with Crippen LogP contribution in [0.1, 0.15) is 5.56 Å². The molecule has 0 fully saturated rings. The molecule has 1 aromatic carbocycles. The van der Waals surface area contributed by atoms with Crippen molar-refractivity contribution in [3.8, 4) is 6.07 Å². The number of nitrogens with zero attached hydrogens (tertiary/aromatic N) is 3. The Morgan fingerprint density at radius 1 is 1.14 bits per heavy atom. The average molecular weight is 185 g/mol. The molecule has 1 aromatic rings. The molecule has 0 aliphatic rings. The topological polar surface area (TPSA) is 82.7 Å². The van der Waals surface area contributed by atoms with Crippen LogP contribution in [0, 0.1) is 11.3 Å². The third-order valence-corrected chi connectivity index (χ3v) is 1.44. The molecule has 0 heterocycles. The summed E-state index contributed by atoms with van der Waals surface area (Å²) in [4.78, 5) is 26.5. The first-order valence-electron chi connectivity index (χ1n) is 3.51. The molecule has 5 nitrogen and oxygen atoms in total. The monoisotopic (exact) mass is 185 g/mol. The molecule has 0 aliphatic heterocycles. The Labute approximate surface area is 79.0 Å². The van der Waals surface area contributed by atoms with Crippen LogP contribution in [0.3, 0.4) is 0 Å². The predicted molar refractivity (Wildman–Crippen MR) is 46.7 cm³/mol. The van der Waals surface area contributed by atoms with Crippen molar-refractivity contribution in [1.82, 2.24) is 0 Å². The lowest BCUT2D eigenvalue weighted by Gasteiger charge is -1.95.